The van der Waals surface area contributed by atoms with Gasteiger partial charge in [0.05, 0.1) is 6.61 Å². The second-order valence-electron chi connectivity index (χ2n) is 7.58. The third-order valence-corrected chi connectivity index (χ3v) is 10.4. The molecule has 28 heteroatoms. The molecule has 8 atom stereocenters. The van der Waals surface area contributed by atoms with Crippen molar-refractivity contribution in [3.05, 3.63) is 30.3 Å². The Morgan fingerprint density at radius 2 is 1.35 bits per heavy atom. The molecule has 2 fully saturated rings. The SMILES string of the molecule is O=C1CCN([C@@H]2O[C@H](COP(=O)([O-])OP(=O)([O-])OP(=O)([O-])OP(=O)([O-])Oc3ccccc3)[C@@H](O)[C@H]2O)C(=O)N1.[Na+].[Na+].[Na+].[Na+]. The van der Waals surface area contributed by atoms with Crippen LogP contribution in [0.4, 0.5) is 4.79 Å². The van der Waals surface area contributed by atoms with Gasteiger partial charge in [0.25, 0.3) is 23.5 Å². The Balaban J connectivity index is 0. The minimum atomic E-state index is -6.45. The van der Waals surface area contributed by atoms with Crippen molar-refractivity contribution in [3.8, 4) is 5.75 Å². The minimum absolute atomic E-state index is 0. The Kier molecular flexibility index (Phi) is 21.7. The van der Waals surface area contributed by atoms with E-state index < -0.39 is 80.1 Å². The first-order valence-corrected chi connectivity index (χ1v) is 16.1. The second-order valence-corrected chi connectivity index (χ2v) is 13.6. The predicted molar refractivity (Wildman–Crippen MR) is 112 cm³/mol. The molecule has 1 aromatic carbocycles. The molecule has 2 aliphatic rings. The number of rotatable bonds is 12. The Morgan fingerprint density at radius 3 is 1.88 bits per heavy atom. The number of hydrogen-bond acceptors (Lipinski definition) is 18. The van der Waals surface area contributed by atoms with Crippen LogP contribution in [0, 0.1) is 0 Å². The summed E-state index contributed by atoms with van der Waals surface area (Å²) in [5.41, 5.74) is 0. The van der Waals surface area contributed by atoms with Crippen molar-refractivity contribution in [2.24, 2.45) is 0 Å². The molecule has 0 bridgehead atoms. The summed E-state index contributed by atoms with van der Waals surface area (Å²) in [4.78, 5) is 71.1. The van der Waals surface area contributed by atoms with Crippen LogP contribution in [0.2, 0.25) is 0 Å². The van der Waals surface area contributed by atoms with E-state index >= 15 is 0 Å². The van der Waals surface area contributed by atoms with Gasteiger partial charge in [-0.1, -0.05) is 18.2 Å². The molecule has 4 unspecified atom stereocenters. The Bertz CT molecular complexity index is 1280. The number of nitrogens with zero attached hydrogens (tertiary/aromatic N) is 1. The van der Waals surface area contributed by atoms with Gasteiger partial charge in [0.15, 0.2) is 6.23 Å². The summed E-state index contributed by atoms with van der Waals surface area (Å²) in [7, 11) is -24.7. The molecule has 0 aliphatic carbocycles. The minimum Gasteiger partial charge on any atom is -0.756 e. The monoisotopic (exact) mass is 730 g/mol. The number of phosphoric acid groups is 4. The molecule has 0 saturated carbocycles. The number of benzene rings is 1. The van der Waals surface area contributed by atoms with E-state index in [9.17, 15) is 57.6 Å². The molecule has 0 radical (unpaired) electrons. The molecule has 2 heterocycles. The Morgan fingerprint density at radius 1 is 0.837 bits per heavy atom. The molecule has 220 valence electrons. The first-order chi connectivity index (χ1) is 17.9. The van der Waals surface area contributed by atoms with Gasteiger partial charge < -0.3 is 43.6 Å². The van der Waals surface area contributed by atoms with Gasteiger partial charge in [-0.2, -0.15) is 0 Å². The summed E-state index contributed by atoms with van der Waals surface area (Å²) in [5, 5.41) is 22.1. The average molecular weight is 730 g/mol. The molecule has 20 nitrogen and oxygen atoms in total. The summed E-state index contributed by atoms with van der Waals surface area (Å²) in [6.07, 6.45) is -7.15. The number of para-hydroxylation sites is 1. The van der Waals surface area contributed by atoms with E-state index in [0.717, 1.165) is 17.0 Å². The second kappa shape index (κ2) is 19.6. The maximum absolute atomic E-state index is 11.9. The molecule has 3 amide bonds. The van der Waals surface area contributed by atoms with Gasteiger partial charge in [0.2, 0.25) is 5.91 Å². The summed E-state index contributed by atoms with van der Waals surface area (Å²) in [5.74, 6) is -1.04. The number of amides is 3. The summed E-state index contributed by atoms with van der Waals surface area (Å²) >= 11 is 0. The normalized spacial score (nSPS) is 27.2. The van der Waals surface area contributed by atoms with Crippen LogP contribution in [-0.4, -0.2) is 64.7 Å². The molecule has 3 rings (SSSR count). The zero-order valence-corrected chi connectivity index (χ0v) is 34.6. The van der Waals surface area contributed by atoms with Crippen LogP contribution in [0.1, 0.15) is 6.42 Å². The van der Waals surface area contributed by atoms with Gasteiger partial charge in [-0.25, -0.2) is 17.7 Å². The molecule has 2 aliphatic heterocycles. The zero-order chi connectivity index (χ0) is 29.2. The van der Waals surface area contributed by atoms with Crippen molar-refractivity contribution in [1.82, 2.24) is 10.2 Å². The fourth-order valence-corrected chi connectivity index (χ4v) is 7.90. The Hall–Kier alpha value is 2.44. The van der Waals surface area contributed by atoms with E-state index in [0.29, 0.717) is 0 Å². The van der Waals surface area contributed by atoms with E-state index in [-0.39, 0.29) is 131 Å². The fourth-order valence-electron chi connectivity index (χ4n) is 3.16. The van der Waals surface area contributed by atoms with Gasteiger partial charge in [0, 0.05) is 13.0 Å². The van der Waals surface area contributed by atoms with Crippen LogP contribution < -0.4 is 148 Å². The van der Waals surface area contributed by atoms with Gasteiger partial charge in [-0.05, 0) is 12.1 Å². The van der Waals surface area contributed by atoms with E-state index in [4.69, 9.17) is 4.74 Å². The molecule has 0 spiro atoms. The maximum atomic E-state index is 11.9. The van der Waals surface area contributed by atoms with Gasteiger partial charge >= 0.3 is 132 Å². The van der Waals surface area contributed by atoms with Gasteiger partial charge in [0.1, 0.15) is 24.1 Å². The number of imide groups is 1. The van der Waals surface area contributed by atoms with Crippen LogP contribution in [0.3, 0.4) is 0 Å². The van der Waals surface area contributed by atoms with Gasteiger partial charge in [-0.3, -0.25) is 33.3 Å². The molecule has 1 aromatic rings. The predicted octanol–water partition coefficient (Wildman–Crippen LogP) is -14.6. The topological polar surface area (TPSA) is 306 Å². The number of aliphatic hydroxyl groups excluding tert-OH is 2. The van der Waals surface area contributed by atoms with Gasteiger partial charge in [-0.15, -0.1) is 0 Å². The molecular weight excluding hydrogens is 712 g/mol. The van der Waals surface area contributed by atoms with Crippen molar-refractivity contribution >= 4 is 43.2 Å². The number of nitrogens with one attached hydrogen (secondary N) is 1. The average Bonchev–Trinajstić information content (AvgIpc) is 3.04. The summed E-state index contributed by atoms with van der Waals surface area (Å²) in [6.45, 7) is -1.45. The van der Waals surface area contributed by atoms with Crippen molar-refractivity contribution in [3.63, 3.8) is 0 Å². The quantitative estimate of drug-likeness (QED) is 0.133. The fraction of sp³-hybridized carbons (Fsp3) is 0.467. The van der Waals surface area contributed by atoms with E-state index in [2.05, 4.69) is 22.0 Å². The van der Waals surface area contributed by atoms with Crippen LogP contribution in [-0.2, 0) is 45.2 Å². The van der Waals surface area contributed by atoms with Crippen molar-refractivity contribution in [1.29, 1.82) is 0 Å². The number of carbonyl (C=O) groups is 2. The van der Waals surface area contributed by atoms with E-state index in [1.807, 2.05) is 5.32 Å². The van der Waals surface area contributed by atoms with Crippen molar-refractivity contribution < 1.29 is 203 Å². The van der Waals surface area contributed by atoms with Crippen LogP contribution in [0.25, 0.3) is 0 Å². The first kappa shape index (κ1) is 47.6. The van der Waals surface area contributed by atoms with Crippen molar-refractivity contribution in [2.75, 3.05) is 13.2 Å². The number of phosphoric ester groups is 2. The third kappa shape index (κ3) is 15.3. The summed E-state index contributed by atoms with van der Waals surface area (Å²) in [6, 6.07) is 5.23. The number of urea groups is 1. The van der Waals surface area contributed by atoms with Crippen LogP contribution in [0.5, 0.6) is 5.75 Å². The number of carbonyl (C=O) groups excluding carboxylic acids is 2. The molecule has 3 N–H and O–H groups in total. The molecule has 2 saturated heterocycles. The van der Waals surface area contributed by atoms with E-state index in [1.165, 1.54) is 18.2 Å². The number of hydrogen-bond donors (Lipinski definition) is 3. The number of ether oxygens (including phenoxy) is 1. The van der Waals surface area contributed by atoms with Crippen molar-refractivity contribution in [2.45, 2.75) is 31.0 Å². The Labute approximate surface area is 332 Å². The first-order valence-electron chi connectivity index (χ1n) is 10.3. The standard InChI is InChI=1S/C15H22N2O18P4.4Na/c18-11-6-7-17(15(21)16-11)14-13(20)12(19)10(31-14)8-30-36(22,23)33-38(26,27)35-39(28,29)34-37(24,25)32-9-4-2-1-3-5-9;;;;/h1-5,10,12-14,19-20H,6-8H2,(H,22,23)(H,24,25)(H,26,27)(H,28,29)(H,16,18,21);;;;/q;4*+1/p-4/t10-,12-,13-,14-;;;;/m1..../s1. The number of aliphatic hydroxyl groups is 2. The van der Waals surface area contributed by atoms with E-state index in [1.54, 1.807) is 0 Å². The zero-order valence-electron chi connectivity index (χ0n) is 23.0. The third-order valence-electron chi connectivity index (χ3n) is 4.69. The van der Waals surface area contributed by atoms with Crippen LogP contribution in [0.15, 0.2) is 30.3 Å². The largest absolute Gasteiger partial charge is 1.00 e. The molecule has 0 aromatic heterocycles. The smallest absolute Gasteiger partial charge is 0.756 e. The summed E-state index contributed by atoms with van der Waals surface area (Å²) < 4.78 is 71.4. The van der Waals surface area contributed by atoms with Crippen LogP contribution >= 0.6 is 31.3 Å². The maximum Gasteiger partial charge on any atom is 1.00 e. The molecular formula is C15H18N2Na4O18P4. The molecule has 43 heavy (non-hydrogen) atoms.